The molecular weight excluding hydrogens is 1020 g/mol. The van der Waals surface area contributed by atoms with Gasteiger partial charge in [0.15, 0.2) is 0 Å². The van der Waals surface area contributed by atoms with Crippen LogP contribution in [0.1, 0.15) is 418 Å². The van der Waals surface area contributed by atoms with Gasteiger partial charge in [-0.25, -0.2) is 0 Å². The highest BCUT2D eigenvalue weighted by Gasteiger charge is 2.20. The molecule has 0 aromatic carbocycles. The topological polar surface area (TPSA) is 95.9 Å². The van der Waals surface area contributed by atoms with E-state index in [2.05, 4.69) is 55.6 Å². The van der Waals surface area contributed by atoms with E-state index in [4.69, 9.17) is 4.74 Å². The largest absolute Gasteiger partial charge is 0.466 e. The summed E-state index contributed by atoms with van der Waals surface area (Å²) >= 11 is 0. The second-order valence-electron chi connectivity index (χ2n) is 26.0. The molecule has 0 aromatic rings. The third-order valence-corrected chi connectivity index (χ3v) is 17.7. The van der Waals surface area contributed by atoms with E-state index < -0.39 is 12.1 Å². The maximum Gasteiger partial charge on any atom is 0.305 e. The van der Waals surface area contributed by atoms with Crippen LogP contribution in [-0.4, -0.2) is 47.4 Å². The van der Waals surface area contributed by atoms with Crippen LogP contribution in [-0.2, 0) is 14.3 Å². The fraction of sp³-hybridized carbons (Fsp3) is 0.896. The molecule has 0 spiro atoms. The van der Waals surface area contributed by atoms with Gasteiger partial charge in [0.2, 0.25) is 5.91 Å². The minimum atomic E-state index is -0.667. The standard InChI is InChI=1S/C77H147NO5/c1-3-5-7-9-11-13-15-17-19-21-23-24-31-34-37-41-45-49-53-57-61-65-69-75(80)74(73-79)78-76(81)70-66-62-58-54-50-46-42-38-35-32-29-27-25-26-28-30-33-36-40-44-48-52-56-60-64-68-72-83-77(82)71-67-63-59-55-51-47-43-39-22-20-18-16-14-12-10-8-6-4-2/h14,16,20,22,25,27,74-75,79-80H,3-13,15,17-19,21,23-24,26,28-73H2,1-2H3,(H,78,81)/b16-14-,22-20-,27-25-. The summed E-state index contributed by atoms with van der Waals surface area (Å²) in [5.41, 5.74) is 0. The lowest BCUT2D eigenvalue weighted by molar-refractivity contribution is -0.143. The zero-order chi connectivity index (χ0) is 59.9. The van der Waals surface area contributed by atoms with Gasteiger partial charge in [0.05, 0.1) is 25.4 Å². The van der Waals surface area contributed by atoms with Gasteiger partial charge in [-0.05, 0) is 83.5 Å². The second-order valence-corrected chi connectivity index (χ2v) is 26.0. The minimum Gasteiger partial charge on any atom is -0.466 e. The SMILES string of the molecule is CCCCCC/C=C\C/C=C\CCCCCCCCCC(=O)OCCCCCCCCCCCCCC/C=C\CCCCCCCCCCCCC(=O)NC(CO)C(O)CCCCCCCCCCCCCCCCCCCCCCCC. The number of aliphatic hydroxyl groups excluding tert-OH is 2. The number of esters is 1. The van der Waals surface area contributed by atoms with Gasteiger partial charge in [0.25, 0.3) is 0 Å². The molecule has 0 bridgehead atoms. The van der Waals surface area contributed by atoms with Crippen LogP contribution in [0, 0.1) is 0 Å². The molecule has 1 amide bonds. The van der Waals surface area contributed by atoms with Gasteiger partial charge in [-0.15, -0.1) is 0 Å². The molecule has 0 fully saturated rings. The third kappa shape index (κ3) is 69.1. The molecular formula is C77H147NO5. The molecule has 6 heteroatoms. The first-order chi connectivity index (χ1) is 41.0. The number of ether oxygens (including phenoxy) is 1. The quantitative estimate of drug-likeness (QED) is 0.0320. The average Bonchev–Trinajstić information content (AvgIpc) is 3.49. The van der Waals surface area contributed by atoms with E-state index in [1.165, 1.54) is 334 Å². The third-order valence-electron chi connectivity index (χ3n) is 17.7. The van der Waals surface area contributed by atoms with Crippen LogP contribution in [0.3, 0.4) is 0 Å². The van der Waals surface area contributed by atoms with Crippen molar-refractivity contribution in [2.75, 3.05) is 13.2 Å². The van der Waals surface area contributed by atoms with Gasteiger partial charge in [-0.1, -0.05) is 359 Å². The molecule has 0 aliphatic heterocycles. The summed E-state index contributed by atoms with van der Waals surface area (Å²) in [6.07, 6.45) is 93.5. The van der Waals surface area contributed by atoms with Crippen molar-refractivity contribution in [1.29, 1.82) is 0 Å². The van der Waals surface area contributed by atoms with Crippen molar-refractivity contribution in [3.8, 4) is 0 Å². The molecule has 0 rings (SSSR count). The fourth-order valence-electron chi connectivity index (χ4n) is 11.9. The summed E-state index contributed by atoms with van der Waals surface area (Å²) < 4.78 is 5.50. The van der Waals surface area contributed by atoms with Gasteiger partial charge in [-0.3, -0.25) is 9.59 Å². The van der Waals surface area contributed by atoms with E-state index in [0.29, 0.717) is 25.9 Å². The van der Waals surface area contributed by atoms with Crippen molar-refractivity contribution < 1.29 is 24.5 Å². The van der Waals surface area contributed by atoms with Crippen LogP contribution in [0.2, 0.25) is 0 Å². The van der Waals surface area contributed by atoms with E-state index in [-0.39, 0.29) is 18.5 Å². The van der Waals surface area contributed by atoms with Crippen LogP contribution in [0.25, 0.3) is 0 Å². The Morgan fingerprint density at radius 2 is 0.602 bits per heavy atom. The molecule has 0 aromatic heterocycles. The summed E-state index contributed by atoms with van der Waals surface area (Å²) in [7, 11) is 0. The number of allylic oxidation sites excluding steroid dienone is 6. The van der Waals surface area contributed by atoms with Crippen LogP contribution >= 0.6 is 0 Å². The number of unbranched alkanes of at least 4 members (excludes halogenated alkanes) is 54. The average molecular weight is 1170 g/mol. The van der Waals surface area contributed by atoms with Crippen molar-refractivity contribution in [1.82, 2.24) is 5.32 Å². The molecule has 2 atom stereocenters. The Bertz CT molecular complexity index is 1340. The van der Waals surface area contributed by atoms with Gasteiger partial charge in [-0.2, -0.15) is 0 Å². The number of hydrogen-bond acceptors (Lipinski definition) is 5. The minimum absolute atomic E-state index is 0.00779. The van der Waals surface area contributed by atoms with Crippen molar-refractivity contribution in [3.05, 3.63) is 36.5 Å². The Morgan fingerprint density at radius 3 is 0.940 bits per heavy atom. The van der Waals surface area contributed by atoms with Crippen molar-refractivity contribution >= 4 is 11.9 Å². The van der Waals surface area contributed by atoms with Crippen molar-refractivity contribution in [2.24, 2.45) is 0 Å². The molecule has 2 unspecified atom stereocenters. The first-order valence-corrected chi connectivity index (χ1v) is 37.7. The van der Waals surface area contributed by atoms with Crippen LogP contribution in [0.15, 0.2) is 36.5 Å². The molecule has 83 heavy (non-hydrogen) atoms. The predicted octanol–water partition coefficient (Wildman–Crippen LogP) is 24.7. The lowest BCUT2D eigenvalue weighted by Gasteiger charge is -2.22. The van der Waals surface area contributed by atoms with E-state index in [1.807, 2.05) is 0 Å². The fourth-order valence-corrected chi connectivity index (χ4v) is 11.9. The number of rotatable bonds is 71. The first kappa shape index (κ1) is 81.1. The Balaban J connectivity index is 3.39. The molecule has 0 radical (unpaired) electrons. The summed E-state index contributed by atoms with van der Waals surface area (Å²) in [5, 5.41) is 23.4. The number of carbonyl (C=O) groups is 2. The van der Waals surface area contributed by atoms with Crippen LogP contribution in [0.5, 0.6) is 0 Å². The predicted molar refractivity (Wildman–Crippen MR) is 366 cm³/mol. The highest BCUT2D eigenvalue weighted by molar-refractivity contribution is 5.76. The molecule has 6 nitrogen and oxygen atoms in total. The molecule has 0 saturated heterocycles. The van der Waals surface area contributed by atoms with Crippen LogP contribution < -0.4 is 5.32 Å². The zero-order valence-electron chi connectivity index (χ0n) is 56.2. The number of amides is 1. The van der Waals surface area contributed by atoms with Gasteiger partial charge < -0.3 is 20.3 Å². The number of nitrogens with one attached hydrogen (secondary N) is 1. The number of carbonyl (C=O) groups excluding carboxylic acids is 2. The second kappa shape index (κ2) is 72.6. The van der Waals surface area contributed by atoms with E-state index >= 15 is 0 Å². The Hall–Kier alpha value is -1.92. The molecule has 0 aliphatic carbocycles. The van der Waals surface area contributed by atoms with Crippen molar-refractivity contribution in [2.45, 2.75) is 431 Å². The van der Waals surface area contributed by atoms with Gasteiger partial charge >= 0.3 is 5.97 Å². The Morgan fingerprint density at radius 1 is 0.337 bits per heavy atom. The molecule has 0 saturated carbocycles. The first-order valence-electron chi connectivity index (χ1n) is 37.7. The lowest BCUT2D eigenvalue weighted by Crippen LogP contribution is -2.45. The van der Waals surface area contributed by atoms with Gasteiger partial charge in [0, 0.05) is 12.8 Å². The van der Waals surface area contributed by atoms with Crippen LogP contribution in [0.4, 0.5) is 0 Å². The molecule has 0 aliphatic rings. The summed E-state index contributed by atoms with van der Waals surface area (Å²) in [4.78, 5) is 24.7. The highest BCUT2D eigenvalue weighted by Crippen LogP contribution is 2.19. The number of aliphatic hydroxyl groups is 2. The summed E-state index contributed by atoms with van der Waals surface area (Å²) in [6.45, 7) is 4.97. The molecule has 490 valence electrons. The zero-order valence-corrected chi connectivity index (χ0v) is 56.2. The smallest absolute Gasteiger partial charge is 0.305 e. The van der Waals surface area contributed by atoms with Crippen molar-refractivity contribution in [3.63, 3.8) is 0 Å². The van der Waals surface area contributed by atoms with E-state index in [0.717, 1.165) is 51.4 Å². The monoisotopic (exact) mass is 1170 g/mol. The normalized spacial score (nSPS) is 12.7. The molecule has 0 heterocycles. The Kier molecular flexibility index (Phi) is 70.9. The van der Waals surface area contributed by atoms with E-state index in [1.54, 1.807) is 0 Å². The summed E-state index contributed by atoms with van der Waals surface area (Å²) in [6, 6.07) is -0.545. The molecule has 3 N–H and O–H groups in total. The maximum atomic E-state index is 12.6. The number of hydrogen-bond donors (Lipinski definition) is 3. The van der Waals surface area contributed by atoms with E-state index in [9.17, 15) is 19.8 Å². The maximum absolute atomic E-state index is 12.6. The van der Waals surface area contributed by atoms with Gasteiger partial charge in [0.1, 0.15) is 0 Å². The highest BCUT2D eigenvalue weighted by atomic mass is 16.5. The lowest BCUT2D eigenvalue weighted by atomic mass is 10.0. The Labute approximate surface area is 519 Å². The summed E-state index contributed by atoms with van der Waals surface area (Å²) in [5.74, 6) is -0.0246.